The molecule has 2 bridgehead atoms. The molecule has 1 N–H and O–H groups in total. The highest BCUT2D eigenvalue weighted by Gasteiger charge is 2.35. The molecule has 3 aliphatic rings. The first kappa shape index (κ1) is 17.0. The van der Waals surface area contributed by atoms with Gasteiger partial charge in [-0.2, -0.15) is 0 Å². The van der Waals surface area contributed by atoms with Crippen molar-refractivity contribution in [3.8, 4) is 0 Å². The number of hydrogen-bond donors (Lipinski definition) is 1. The molecule has 4 nitrogen and oxygen atoms in total. The standard InChI is InChI=1S/C16H29N3O.ClH/c1-18-7-5-15(6-8-18)19(2)16(20)11-12-9-13-3-4-14(10-12)17-13;/h12-15,17H,3-11H2,1-2H3;1H. The van der Waals surface area contributed by atoms with Gasteiger partial charge in [-0.05, 0) is 64.6 Å². The van der Waals surface area contributed by atoms with Crippen LogP contribution in [0.4, 0.5) is 0 Å². The van der Waals surface area contributed by atoms with E-state index in [4.69, 9.17) is 0 Å². The minimum atomic E-state index is 0. The van der Waals surface area contributed by atoms with E-state index in [2.05, 4.69) is 22.2 Å². The smallest absolute Gasteiger partial charge is 0.222 e. The molecule has 3 saturated heterocycles. The summed E-state index contributed by atoms with van der Waals surface area (Å²) in [7, 11) is 4.19. The number of hydrogen-bond acceptors (Lipinski definition) is 3. The van der Waals surface area contributed by atoms with Gasteiger partial charge in [0.1, 0.15) is 0 Å². The Bertz CT molecular complexity index is 345. The molecular formula is C16H30ClN3O. The van der Waals surface area contributed by atoms with Crippen molar-refractivity contribution in [1.82, 2.24) is 15.1 Å². The molecule has 0 radical (unpaired) electrons. The van der Waals surface area contributed by atoms with E-state index in [1.165, 1.54) is 25.7 Å². The monoisotopic (exact) mass is 315 g/mol. The molecule has 122 valence electrons. The first-order valence-corrected chi connectivity index (χ1v) is 8.32. The first-order chi connectivity index (χ1) is 9.61. The molecular weight excluding hydrogens is 286 g/mol. The second kappa shape index (κ2) is 7.30. The van der Waals surface area contributed by atoms with E-state index in [1.807, 2.05) is 7.05 Å². The van der Waals surface area contributed by atoms with Gasteiger partial charge in [-0.3, -0.25) is 4.79 Å². The zero-order chi connectivity index (χ0) is 14.1. The largest absolute Gasteiger partial charge is 0.343 e. The minimum absolute atomic E-state index is 0. The zero-order valence-electron chi connectivity index (χ0n) is 13.4. The fourth-order valence-corrected chi connectivity index (χ4v) is 4.32. The molecule has 2 atom stereocenters. The van der Waals surface area contributed by atoms with E-state index < -0.39 is 0 Å². The predicted molar refractivity (Wildman–Crippen MR) is 87.8 cm³/mol. The summed E-state index contributed by atoms with van der Waals surface area (Å²) in [6, 6.07) is 1.86. The van der Waals surface area contributed by atoms with E-state index in [0.29, 0.717) is 30.0 Å². The lowest BCUT2D eigenvalue weighted by atomic mass is 9.89. The van der Waals surface area contributed by atoms with Crippen LogP contribution in [0.2, 0.25) is 0 Å². The number of halogens is 1. The van der Waals surface area contributed by atoms with Crippen LogP contribution < -0.4 is 5.32 Å². The Kier molecular flexibility index (Phi) is 5.92. The number of nitrogens with zero attached hydrogens (tertiary/aromatic N) is 2. The summed E-state index contributed by atoms with van der Waals surface area (Å²) in [5.41, 5.74) is 0. The minimum Gasteiger partial charge on any atom is -0.343 e. The third kappa shape index (κ3) is 4.11. The van der Waals surface area contributed by atoms with Gasteiger partial charge in [-0.25, -0.2) is 0 Å². The molecule has 21 heavy (non-hydrogen) atoms. The van der Waals surface area contributed by atoms with E-state index in [-0.39, 0.29) is 12.4 Å². The van der Waals surface area contributed by atoms with Crippen LogP contribution in [0.3, 0.4) is 0 Å². The number of likely N-dealkylation sites (tertiary alicyclic amines) is 1. The van der Waals surface area contributed by atoms with Crippen molar-refractivity contribution in [2.75, 3.05) is 27.2 Å². The van der Waals surface area contributed by atoms with Gasteiger partial charge < -0.3 is 15.1 Å². The molecule has 0 aromatic heterocycles. The van der Waals surface area contributed by atoms with Gasteiger partial charge in [0.05, 0.1) is 0 Å². The lowest BCUT2D eigenvalue weighted by Crippen LogP contribution is -2.46. The lowest BCUT2D eigenvalue weighted by Gasteiger charge is -2.36. The molecule has 2 unspecified atom stereocenters. The number of carbonyl (C=O) groups excluding carboxylic acids is 1. The van der Waals surface area contributed by atoms with Crippen molar-refractivity contribution >= 4 is 18.3 Å². The topological polar surface area (TPSA) is 35.6 Å². The van der Waals surface area contributed by atoms with Gasteiger partial charge in [0, 0.05) is 31.6 Å². The molecule has 0 aliphatic carbocycles. The molecule has 1 amide bonds. The van der Waals surface area contributed by atoms with E-state index in [9.17, 15) is 4.79 Å². The van der Waals surface area contributed by atoms with Crippen LogP contribution in [-0.2, 0) is 4.79 Å². The summed E-state index contributed by atoms with van der Waals surface area (Å²) in [6.45, 7) is 2.25. The summed E-state index contributed by atoms with van der Waals surface area (Å²) in [5, 5.41) is 3.66. The van der Waals surface area contributed by atoms with Gasteiger partial charge in [0.2, 0.25) is 5.91 Å². The molecule has 3 aliphatic heterocycles. The Morgan fingerprint density at radius 3 is 2.29 bits per heavy atom. The number of fused-ring (bicyclic) bond motifs is 2. The number of nitrogens with one attached hydrogen (secondary N) is 1. The average Bonchev–Trinajstić information content (AvgIpc) is 2.78. The maximum Gasteiger partial charge on any atom is 0.222 e. The molecule has 3 fully saturated rings. The summed E-state index contributed by atoms with van der Waals surface area (Å²) >= 11 is 0. The predicted octanol–water partition coefficient (Wildman–Crippen LogP) is 1.88. The third-order valence-corrected chi connectivity index (χ3v) is 5.66. The summed E-state index contributed by atoms with van der Waals surface area (Å²) in [4.78, 5) is 16.9. The third-order valence-electron chi connectivity index (χ3n) is 5.66. The van der Waals surface area contributed by atoms with Crippen molar-refractivity contribution in [3.63, 3.8) is 0 Å². The Labute approximate surface area is 135 Å². The molecule has 0 aromatic carbocycles. The van der Waals surface area contributed by atoms with E-state index in [1.54, 1.807) is 0 Å². The fourth-order valence-electron chi connectivity index (χ4n) is 4.32. The van der Waals surface area contributed by atoms with Gasteiger partial charge >= 0.3 is 0 Å². The normalized spacial score (nSPS) is 33.5. The second-order valence-electron chi connectivity index (χ2n) is 7.22. The maximum atomic E-state index is 12.5. The van der Waals surface area contributed by atoms with Crippen LogP contribution >= 0.6 is 12.4 Å². The van der Waals surface area contributed by atoms with Crippen molar-refractivity contribution in [2.45, 2.75) is 63.1 Å². The summed E-state index contributed by atoms with van der Waals surface area (Å²) in [5.74, 6) is 1.00. The second-order valence-corrected chi connectivity index (χ2v) is 7.22. The Morgan fingerprint density at radius 1 is 1.14 bits per heavy atom. The summed E-state index contributed by atoms with van der Waals surface area (Å²) in [6.07, 6.45) is 8.11. The average molecular weight is 316 g/mol. The number of carbonyl (C=O) groups is 1. The van der Waals surface area contributed by atoms with E-state index >= 15 is 0 Å². The van der Waals surface area contributed by atoms with Gasteiger partial charge in [-0.1, -0.05) is 0 Å². The molecule has 0 saturated carbocycles. The van der Waals surface area contributed by atoms with E-state index in [0.717, 1.165) is 32.4 Å². The fraction of sp³-hybridized carbons (Fsp3) is 0.938. The highest BCUT2D eigenvalue weighted by Crippen LogP contribution is 2.33. The zero-order valence-corrected chi connectivity index (χ0v) is 14.2. The molecule has 3 heterocycles. The van der Waals surface area contributed by atoms with Crippen LogP contribution in [0.1, 0.15) is 44.9 Å². The Morgan fingerprint density at radius 2 is 1.71 bits per heavy atom. The quantitative estimate of drug-likeness (QED) is 0.864. The number of amides is 1. The first-order valence-electron chi connectivity index (χ1n) is 8.32. The van der Waals surface area contributed by atoms with Gasteiger partial charge in [0.25, 0.3) is 0 Å². The van der Waals surface area contributed by atoms with Crippen LogP contribution in [-0.4, -0.2) is 61.0 Å². The van der Waals surface area contributed by atoms with Gasteiger partial charge in [0.15, 0.2) is 0 Å². The highest BCUT2D eigenvalue weighted by molar-refractivity contribution is 5.85. The number of rotatable bonds is 3. The molecule has 0 aromatic rings. The molecule has 3 rings (SSSR count). The maximum absolute atomic E-state index is 12.5. The molecule has 0 spiro atoms. The number of piperidine rings is 2. The van der Waals surface area contributed by atoms with Crippen LogP contribution in [0.15, 0.2) is 0 Å². The van der Waals surface area contributed by atoms with Crippen LogP contribution in [0, 0.1) is 5.92 Å². The Balaban J connectivity index is 0.00000161. The van der Waals surface area contributed by atoms with Crippen molar-refractivity contribution < 1.29 is 4.79 Å². The SMILES string of the molecule is CN1CCC(N(C)C(=O)CC2CC3CCC(C2)N3)CC1.Cl. The van der Waals surface area contributed by atoms with Crippen molar-refractivity contribution in [3.05, 3.63) is 0 Å². The highest BCUT2D eigenvalue weighted by atomic mass is 35.5. The van der Waals surface area contributed by atoms with Crippen LogP contribution in [0.5, 0.6) is 0 Å². The lowest BCUT2D eigenvalue weighted by molar-refractivity contribution is -0.134. The molecule has 5 heteroatoms. The van der Waals surface area contributed by atoms with Gasteiger partial charge in [-0.15, -0.1) is 12.4 Å². The van der Waals surface area contributed by atoms with Crippen molar-refractivity contribution in [2.24, 2.45) is 5.92 Å². The van der Waals surface area contributed by atoms with Crippen LogP contribution in [0.25, 0.3) is 0 Å². The Hall–Kier alpha value is -0.320. The summed E-state index contributed by atoms with van der Waals surface area (Å²) < 4.78 is 0. The van der Waals surface area contributed by atoms with Crippen molar-refractivity contribution in [1.29, 1.82) is 0 Å².